The molecule has 1 aromatic heterocycles. The first-order valence-electron chi connectivity index (χ1n) is 15.4. The number of aliphatic hydroxyl groups excluding tert-OH is 1. The Bertz CT molecular complexity index is 1670. The minimum Gasteiger partial charge on any atom is -0.462 e. The van der Waals surface area contributed by atoms with Crippen LogP contribution in [0.2, 0.25) is 0 Å². The molecule has 1 amide bonds. The van der Waals surface area contributed by atoms with Crippen molar-refractivity contribution in [2.75, 3.05) is 20.3 Å². The molecule has 49 heavy (non-hydrogen) atoms. The van der Waals surface area contributed by atoms with Gasteiger partial charge in [0.2, 0.25) is 0 Å². The van der Waals surface area contributed by atoms with Crippen molar-refractivity contribution in [3.05, 3.63) is 63.4 Å². The number of benzene rings is 1. The normalized spacial score (nSPS) is 25.4. The maximum Gasteiger partial charge on any atom is 0.459 e. The number of aromatic nitrogens is 2. The van der Waals surface area contributed by atoms with Gasteiger partial charge in [-0.1, -0.05) is 18.2 Å². The number of nitrogens with zero attached hydrogens (tertiary/aromatic N) is 3. The zero-order chi connectivity index (χ0) is 36.1. The number of aliphatic hydroxyl groups is 1. The molecule has 4 rings (SSSR count). The molecule has 0 radical (unpaired) electrons. The minimum absolute atomic E-state index is 0.101. The zero-order valence-corrected chi connectivity index (χ0v) is 28.4. The number of methoxy groups -OCH3 is 1. The molecule has 1 aromatic carbocycles. The first-order chi connectivity index (χ1) is 23.1. The summed E-state index contributed by atoms with van der Waals surface area (Å²) in [7, 11) is -3.27. The van der Waals surface area contributed by atoms with Crippen LogP contribution in [-0.4, -0.2) is 93.5 Å². The third-order valence-electron chi connectivity index (χ3n) is 7.77. The van der Waals surface area contributed by atoms with Crippen LogP contribution in [0.4, 0.5) is 9.18 Å². The number of hydrogen-bond donors (Lipinski definition) is 2. The Morgan fingerprint density at radius 1 is 1.16 bits per heavy atom. The predicted octanol–water partition coefficient (Wildman–Crippen LogP) is 1.86. The number of esters is 2. The van der Waals surface area contributed by atoms with Crippen LogP contribution in [0.5, 0.6) is 5.75 Å². The number of carbonyl (C=O) groups is 3. The van der Waals surface area contributed by atoms with Crippen molar-refractivity contribution in [3.8, 4) is 5.75 Å². The number of amides is 1. The van der Waals surface area contributed by atoms with Crippen molar-refractivity contribution in [2.24, 2.45) is 0 Å². The summed E-state index contributed by atoms with van der Waals surface area (Å²) in [6.07, 6.45) is -4.81. The van der Waals surface area contributed by atoms with Gasteiger partial charge >= 0.3 is 31.5 Å². The van der Waals surface area contributed by atoms with E-state index < -0.39 is 92.7 Å². The summed E-state index contributed by atoms with van der Waals surface area (Å²) in [5, 5.41) is 13.4. The van der Waals surface area contributed by atoms with E-state index >= 15 is 4.39 Å². The van der Waals surface area contributed by atoms with Crippen LogP contribution in [0.3, 0.4) is 0 Å². The number of ether oxygens (including phenoxy) is 4. The summed E-state index contributed by atoms with van der Waals surface area (Å²) in [5.41, 5.74) is -4.70. The van der Waals surface area contributed by atoms with Crippen LogP contribution in [0.25, 0.3) is 0 Å². The Morgan fingerprint density at radius 2 is 1.86 bits per heavy atom. The number of rotatable bonds is 13. The fourth-order valence-electron chi connectivity index (χ4n) is 5.26. The predicted molar refractivity (Wildman–Crippen MR) is 167 cm³/mol. The summed E-state index contributed by atoms with van der Waals surface area (Å²) in [6.45, 7) is 4.22. The van der Waals surface area contributed by atoms with Crippen molar-refractivity contribution in [3.63, 3.8) is 0 Å². The average molecular weight is 715 g/mol. The molecule has 19 heteroatoms. The Morgan fingerprint density at radius 3 is 2.51 bits per heavy atom. The molecule has 2 aromatic rings. The van der Waals surface area contributed by atoms with Crippen LogP contribution < -0.4 is 20.9 Å². The van der Waals surface area contributed by atoms with E-state index in [0.29, 0.717) is 15.6 Å². The van der Waals surface area contributed by atoms with E-state index in [4.69, 9.17) is 23.3 Å². The van der Waals surface area contributed by atoms with Gasteiger partial charge in [-0.2, -0.15) is 5.09 Å². The van der Waals surface area contributed by atoms with Gasteiger partial charge in [-0.3, -0.25) is 23.6 Å². The number of nitrogens with one attached hydrogen (secondary N) is 1. The van der Waals surface area contributed by atoms with Gasteiger partial charge in [0.25, 0.3) is 5.56 Å². The number of hydrogen-bond acceptors (Lipinski definition) is 13. The van der Waals surface area contributed by atoms with E-state index in [-0.39, 0.29) is 18.7 Å². The topological polar surface area (TPSA) is 203 Å². The SMILES string of the molecule is COC(=O)N1CCC[C@H]1C(=O)OCn1c(=O)ccn([C@@H]2O[C@H](CO[P@](=O)(N[C@@H](C)C(=O)OC(C)C)Oc3ccccc3)[C@@H](O)[C@@]2(C)F)c1=O. The van der Waals surface area contributed by atoms with Crippen molar-refractivity contribution in [1.29, 1.82) is 0 Å². The smallest absolute Gasteiger partial charge is 0.459 e. The second-order valence-electron chi connectivity index (χ2n) is 11.8. The highest BCUT2D eigenvalue weighted by molar-refractivity contribution is 7.52. The van der Waals surface area contributed by atoms with Gasteiger partial charge in [0.15, 0.2) is 18.6 Å². The van der Waals surface area contributed by atoms with Gasteiger partial charge in [-0.15, -0.1) is 0 Å². The van der Waals surface area contributed by atoms with E-state index in [1.54, 1.807) is 32.0 Å². The van der Waals surface area contributed by atoms with E-state index in [9.17, 15) is 33.6 Å². The molecule has 2 aliphatic heterocycles. The van der Waals surface area contributed by atoms with Crippen LogP contribution in [0, 0.1) is 0 Å². The molecule has 0 spiro atoms. The Kier molecular flexibility index (Phi) is 12.0. The number of halogens is 1. The second kappa shape index (κ2) is 15.6. The highest BCUT2D eigenvalue weighted by Crippen LogP contribution is 2.47. The van der Waals surface area contributed by atoms with Crippen LogP contribution in [0.1, 0.15) is 46.8 Å². The standard InChI is InChI=1S/C30H40FN4O13P/c1-18(2)46-25(38)19(3)32-49(42,48-20-10-7-6-8-11-20)45-16-22-24(37)30(4,31)27(47-22)34-15-13-23(36)35(28(34)40)17-44-26(39)21-12-9-14-33(21)29(41)43-5/h6-8,10-11,13,15,18-19,21-22,24,27,37H,9,12,14,16-17H2,1-5H3,(H,32,42)/t19-,21-,22+,24+,27+,30+,49+/m0/s1. The lowest BCUT2D eigenvalue weighted by Crippen LogP contribution is -2.47. The number of alkyl halides is 1. The molecule has 0 aliphatic carbocycles. The summed E-state index contributed by atoms with van der Waals surface area (Å²) in [4.78, 5) is 64.3. The highest BCUT2D eigenvalue weighted by atomic mass is 31.2. The molecule has 2 fully saturated rings. The molecule has 0 unspecified atom stereocenters. The summed E-state index contributed by atoms with van der Waals surface area (Å²) in [5.74, 6) is -1.54. The van der Waals surface area contributed by atoms with Crippen LogP contribution in [-0.2, 0) is 44.4 Å². The van der Waals surface area contributed by atoms with Gasteiger partial charge in [-0.25, -0.2) is 27.9 Å². The number of para-hydroxylation sites is 1. The van der Waals surface area contributed by atoms with Gasteiger partial charge in [0.1, 0.15) is 30.0 Å². The fourth-order valence-corrected chi connectivity index (χ4v) is 6.76. The molecule has 0 bridgehead atoms. The summed E-state index contributed by atoms with van der Waals surface area (Å²) >= 11 is 0. The van der Waals surface area contributed by atoms with Crippen molar-refractivity contribution >= 4 is 25.8 Å². The second-order valence-corrected chi connectivity index (χ2v) is 13.5. The molecule has 2 N–H and O–H groups in total. The third-order valence-corrected chi connectivity index (χ3v) is 9.41. The quantitative estimate of drug-likeness (QED) is 0.173. The van der Waals surface area contributed by atoms with E-state index in [1.807, 2.05) is 0 Å². The van der Waals surface area contributed by atoms with Crippen LogP contribution in [0.15, 0.2) is 52.2 Å². The highest BCUT2D eigenvalue weighted by Gasteiger charge is 2.56. The lowest BCUT2D eigenvalue weighted by molar-refractivity contribution is -0.152. The van der Waals surface area contributed by atoms with Crippen molar-refractivity contribution < 1.29 is 56.4 Å². The lowest BCUT2D eigenvalue weighted by atomic mass is 9.98. The first-order valence-corrected chi connectivity index (χ1v) is 17.0. The first kappa shape index (κ1) is 37.7. The van der Waals surface area contributed by atoms with E-state index in [1.165, 1.54) is 19.1 Å². The molecule has 17 nitrogen and oxygen atoms in total. The minimum atomic E-state index is -4.43. The summed E-state index contributed by atoms with van der Waals surface area (Å²) < 4.78 is 62.9. The molecule has 7 atom stereocenters. The molecule has 270 valence electrons. The van der Waals surface area contributed by atoms with Gasteiger partial charge in [0, 0.05) is 18.8 Å². The largest absolute Gasteiger partial charge is 0.462 e. The molecular formula is C30H40FN4O13P. The van der Waals surface area contributed by atoms with Gasteiger partial charge < -0.3 is 28.6 Å². The average Bonchev–Trinajstić information content (AvgIpc) is 3.62. The Hall–Kier alpha value is -4.09. The zero-order valence-electron chi connectivity index (χ0n) is 27.6. The number of likely N-dealkylation sites (tertiary alicyclic amines) is 1. The van der Waals surface area contributed by atoms with E-state index in [2.05, 4.69) is 9.82 Å². The Labute approximate surface area is 280 Å². The molecule has 0 saturated carbocycles. The van der Waals surface area contributed by atoms with Gasteiger partial charge in [-0.05, 0) is 52.7 Å². The number of carbonyl (C=O) groups excluding carboxylic acids is 3. The van der Waals surface area contributed by atoms with Gasteiger partial charge in [0.05, 0.1) is 19.8 Å². The maximum atomic E-state index is 16.1. The fraction of sp³-hybridized carbons (Fsp3) is 0.567. The van der Waals surface area contributed by atoms with E-state index in [0.717, 1.165) is 31.2 Å². The molecule has 2 aliphatic rings. The van der Waals surface area contributed by atoms with Crippen molar-refractivity contribution in [2.45, 2.75) is 89.6 Å². The monoisotopic (exact) mass is 714 g/mol. The van der Waals surface area contributed by atoms with Crippen molar-refractivity contribution in [1.82, 2.24) is 19.1 Å². The van der Waals surface area contributed by atoms with Crippen LogP contribution >= 0.6 is 7.75 Å². The third kappa shape index (κ3) is 8.75. The molecule has 3 heterocycles. The summed E-state index contributed by atoms with van der Waals surface area (Å²) in [6, 6.07) is 6.58. The maximum absolute atomic E-state index is 16.1. The lowest BCUT2D eigenvalue weighted by Gasteiger charge is -2.26. The molecule has 2 saturated heterocycles. The Balaban J connectivity index is 1.51. The molecular weight excluding hydrogens is 674 g/mol.